The Morgan fingerprint density at radius 2 is 1.43 bits per heavy atom. The molecule has 4 aromatic carbocycles. The highest BCUT2D eigenvalue weighted by Crippen LogP contribution is 2.47. The van der Waals surface area contributed by atoms with Gasteiger partial charge in [0.05, 0.1) is 29.9 Å². The van der Waals surface area contributed by atoms with Gasteiger partial charge in [0.1, 0.15) is 0 Å². The minimum atomic E-state index is -0.755. The molecule has 2 N–H and O–H groups in total. The molecule has 1 amide bonds. The molecule has 0 bridgehead atoms. The highest BCUT2D eigenvalue weighted by atomic mass is 16.7. The lowest BCUT2D eigenvalue weighted by Gasteiger charge is -2.45. The number of fused-ring (bicyclic) bond motifs is 1. The number of nitrogens with zero attached hydrogens (tertiary/aromatic N) is 4. The fraction of sp³-hybridized carbons (Fsp3) is 0.262. The van der Waals surface area contributed by atoms with E-state index in [0.29, 0.717) is 6.54 Å². The van der Waals surface area contributed by atoms with Gasteiger partial charge in [0, 0.05) is 68.7 Å². The zero-order valence-corrected chi connectivity index (χ0v) is 29.4. The third-order valence-corrected chi connectivity index (χ3v) is 10.2. The number of aromatic nitrogens is 2. The topological polar surface area (TPSA) is 143 Å². The number of aliphatic hydroxyl groups excluding tert-OH is 1. The first kappa shape index (κ1) is 35.3. The molecule has 3 aliphatic rings. The molecule has 5 aromatic rings. The Morgan fingerprint density at radius 3 is 2.15 bits per heavy atom. The summed E-state index contributed by atoms with van der Waals surface area (Å²) in [5.74, 6) is -1.22. The van der Waals surface area contributed by atoms with Crippen molar-refractivity contribution >= 4 is 23.8 Å². The van der Waals surface area contributed by atoms with E-state index in [1.807, 2.05) is 72.8 Å². The zero-order chi connectivity index (χ0) is 37.0. The summed E-state index contributed by atoms with van der Waals surface area (Å²) in [4.78, 5) is 50.2. The molecule has 4 heterocycles. The van der Waals surface area contributed by atoms with Gasteiger partial charge in [-0.3, -0.25) is 9.69 Å². The quantitative estimate of drug-likeness (QED) is 0.149. The molecule has 1 aromatic heterocycles. The van der Waals surface area contributed by atoms with E-state index >= 15 is 0 Å². The second-order valence-electron chi connectivity index (χ2n) is 13.6. The highest BCUT2D eigenvalue weighted by molar-refractivity contribution is 6.15. The summed E-state index contributed by atoms with van der Waals surface area (Å²) in [5, 5.41) is 12.6. The lowest BCUT2D eigenvalue weighted by molar-refractivity contribution is -0.263. The average Bonchev–Trinajstić information content (AvgIpc) is 3.52. The third-order valence-electron chi connectivity index (χ3n) is 10.2. The zero-order valence-electron chi connectivity index (χ0n) is 29.4. The van der Waals surface area contributed by atoms with Crippen molar-refractivity contribution in [2.45, 2.75) is 37.6 Å². The second kappa shape index (κ2) is 15.7. The molecule has 0 radical (unpaired) electrons. The van der Waals surface area contributed by atoms with Crippen molar-refractivity contribution in [1.82, 2.24) is 20.2 Å². The fourth-order valence-electron chi connectivity index (χ4n) is 7.31. The molecule has 2 fully saturated rings. The number of hydrogen-bond donors (Lipinski definition) is 2. The number of cyclic esters (lactones) is 2. The normalized spacial score (nSPS) is 21.4. The van der Waals surface area contributed by atoms with Crippen LogP contribution in [-0.4, -0.2) is 76.6 Å². The van der Waals surface area contributed by atoms with E-state index in [1.54, 1.807) is 12.4 Å². The molecule has 4 atom stereocenters. The number of piperazine rings is 1. The van der Waals surface area contributed by atoms with Gasteiger partial charge >= 0.3 is 11.9 Å². The number of carbonyl (C=O) groups is 3. The van der Waals surface area contributed by atoms with Crippen molar-refractivity contribution in [3.8, 4) is 0 Å². The fourth-order valence-corrected chi connectivity index (χ4v) is 7.31. The minimum Gasteiger partial charge on any atom is -0.392 e. The molecule has 12 heteroatoms. The highest BCUT2D eigenvalue weighted by Gasteiger charge is 2.43. The summed E-state index contributed by atoms with van der Waals surface area (Å²) in [6, 6.07) is 32.1. The summed E-state index contributed by atoms with van der Waals surface area (Å²) in [6.07, 6.45) is 2.29. The van der Waals surface area contributed by atoms with Gasteiger partial charge in [0.15, 0.2) is 6.29 Å². The van der Waals surface area contributed by atoms with Gasteiger partial charge in [-0.05, 0) is 46.5 Å². The second-order valence-corrected chi connectivity index (χ2v) is 13.6. The van der Waals surface area contributed by atoms with Gasteiger partial charge in [0.2, 0.25) is 5.95 Å². The number of amides is 1. The van der Waals surface area contributed by atoms with Crippen LogP contribution in [0.25, 0.3) is 0 Å². The van der Waals surface area contributed by atoms with Gasteiger partial charge < -0.3 is 29.5 Å². The van der Waals surface area contributed by atoms with Gasteiger partial charge in [-0.2, -0.15) is 0 Å². The van der Waals surface area contributed by atoms with Crippen LogP contribution in [0.2, 0.25) is 0 Å². The SMILES string of the molecule is O=C(NCc1ccc(C2OC(CN3CCN(c4ncccn4)CC3)C(c3ccccc3)C(c3ccc(CO)cc3)O2)cc1)c1ccc2c(c1)C(=O)OC2=O. The Bertz CT molecular complexity index is 2110. The predicted octanol–water partition coefficient (Wildman–Crippen LogP) is 4.97. The van der Waals surface area contributed by atoms with Crippen LogP contribution < -0.4 is 10.2 Å². The Kier molecular flexibility index (Phi) is 10.2. The molecule has 3 aliphatic heterocycles. The van der Waals surface area contributed by atoms with Crippen molar-refractivity contribution in [2.24, 2.45) is 0 Å². The predicted molar refractivity (Wildman–Crippen MR) is 197 cm³/mol. The number of hydrogen-bond acceptors (Lipinski definition) is 11. The minimum absolute atomic E-state index is 0.0436. The summed E-state index contributed by atoms with van der Waals surface area (Å²) < 4.78 is 18.5. The van der Waals surface area contributed by atoms with Gasteiger partial charge in [-0.1, -0.05) is 78.9 Å². The van der Waals surface area contributed by atoms with Crippen molar-refractivity contribution in [2.75, 3.05) is 37.6 Å². The number of carbonyl (C=O) groups excluding carboxylic acids is 3. The van der Waals surface area contributed by atoms with E-state index in [1.165, 1.54) is 18.2 Å². The molecule has 0 spiro atoms. The van der Waals surface area contributed by atoms with E-state index in [-0.39, 0.29) is 53.9 Å². The molecule has 12 nitrogen and oxygen atoms in total. The van der Waals surface area contributed by atoms with Crippen LogP contribution in [0.15, 0.2) is 116 Å². The number of nitrogens with one attached hydrogen (secondary N) is 1. The monoisotopic (exact) mass is 725 g/mol. The molecule has 54 heavy (non-hydrogen) atoms. The summed E-state index contributed by atoms with van der Waals surface area (Å²) >= 11 is 0. The van der Waals surface area contributed by atoms with Crippen molar-refractivity contribution in [1.29, 1.82) is 0 Å². The molecule has 0 aliphatic carbocycles. The molecule has 4 unspecified atom stereocenters. The Balaban J connectivity index is 1.01. The number of aliphatic hydroxyl groups is 1. The summed E-state index contributed by atoms with van der Waals surface area (Å²) in [5.41, 5.74) is 5.13. The molecular formula is C42H39N5O7. The first-order valence-corrected chi connectivity index (χ1v) is 18.0. The molecule has 0 saturated carbocycles. The number of benzene rings is 4. The smallest absolute Gasteiger partial charge is 0.346 e. The Labute approximate surface area is 312 Å². The lowest BCUT2D eigenvalue weighted by Crippen LogP contribution is -2.51. The van der Waals surface area contributed by atoms with Crippen LogP contribution in [-0.2, 0) is 27.4 Å². The van der Waals surface area contributed by atoms with Crippen LogP contribution in [0, 0.1) is 0 Å². The van der Waals surface area contributed by atoms with E-state index < -0.39 is 18.2 Å². The maximum atomic E-state index is 13.0. The summed E-state index contributed by atoms with van der Waals surface area (Å²) in [6.45, 7) is 4.14. The maximum absolute atomic E-state index is 13.0. The summed E-state index contributed by atoms with van der Waals surface area (Å²) in [7, 11) is 0. The first-order chi connectivity index (χ1) is 26.4. The number of esters is 2. The van der Waals surface area contributed by atoms with Crippen LogP contribution in [0.1, 0.15) is 77.2 Å². The van der Waals surface area contributed by atoms with Gasteiger partial charge in [-0.15, -0.1) is 0 Å². The van der Waals surface area contributed by atoms with Gasteiger partial charge in [-0.25, -0.2) is 19.6 Å². The van der Waals surface area contributed by atoms with Crippen molar-refractivity contribution < 1.29 is 33.7 Å². The van der Waals surface area contributed by atoms with E-state index in [0.717, 1.165) is 59.9 Å². The van der Waals surface area contributed by atoms with E-state index in [9.17, 15) is 19.5 Å². The Morgan fingerprint density at radius 1 is 0.741 bits per heavy atom. The largest absolute Gasteiger partial charge is 0.392 e. The van der Waals surface area contributed by atoms with Crippen molar-refractivity contribution in [3.63, 3.8) is 0 Å². The first-order valence-electron chi connectivity index (χ1n) is 18.0. The number of anilines is 1. The van der Waals surface area contributed by atoms with Crippen LogP contribution >= 0.6 is 0 Å². The third kappa shape index (κ3) is 7.50. The van der Waals surface area contributed by atoms with Gasteiger partial charge in [0.25, 0.3) is 5.91 Å². The van der Waals surface area contributed by atoms with Crippen LogP contribution in [0.5, 0.6) is 0 Å². The molecular weight excluding hydrogens is 686 g/mol. The average molecular weight is 726 g/mol. The standard InChI is InChI=1S/C42H39N5O7/c48-26-28-9-11-30(12-10-28)37-36(29-5-2-1-3-6-29)35(25-46-19-21-47(22-20-46)42-43-17-4-18-44-42)52-41(53-37)31-13-7-27(8-14-31)24-45-38(49)32-15-16-33-34(23-32)40(51)54-39(33)50/h1-18,23,35-37,41,48H,19-22,24-26H2,(H,45,49). The maximum Gasteiger partial charge on any atom is 0.346 e. The molecule has 8 rings (SSSR count). The van der Waals surface area contributed by atoms with Crippen LogP contribution in [0.3, 0.4) is 0 Å². The Hall–Kier alpha value is -5.79. The van der Waals surface area contributed by atoms with Crippen LogP contribution in [0.4, 0.5) is 5.95 Å². The number of rotatable bonds is 10. The van der Waals surface area contributed by atoms with Crippen molar-refractivity contribution in [3.05, 3.63) is 160 Å². The number of ether oxygens (including phenoxy) is 3. The molecule has 274 valence electrons. The van der Waals surface area contributed by atoms with E-state index in [2.05, 4.69) is 42.0 Å². The lowest BCUT2D eigenvalue weighted by atomic mass is 9.83. The molecule has 2 saturated heterocycles. The van der Waals surface area contributed by atoms with E-state index in [4.69, 9.17) is 9.47 Å².